The van der Waals surface area contributed by atoms with E-state index in [1.807, 2.05) is 4.68 Å². The van der Waals surface area contributed by atoms with Crippen molar-refractivity contribution in [3.8, 4) is 6.07 Å². The quantitative estimate of drug-likeness (QED) is 0.932. The molecule has 0 saturated carbocycles. The van der Waals surface area contributed by atoms with Gasteiger partial charge in [-0.1, -0.05) is 26.0 Å². The molecule has 1 aromatic heterocycles. The van der Waals surface area contributed by atoms with Gasteiger partial charge >= 0.3 is 0 Å². The number of aliphatic hydroxyl groups is 1. The lowest BCUT2D eigenvalue weighted by Gasteiger charge is -2.15. The molecule has 0 saturated heterocycles. The van der Waals surface area contributed by atoms with Crippen LogP contribution in [-0.2, 0) is 6.54 Å². The predicted octanol–water partition coefficient (Wildman–Crippen LogP) is 3.37. The molecule has 5 heteroatoms. The molecule has 0 aliphatic rings. The highest BCUT2D eigenvalue weighted by Gasteiger charge is 2.16. The summed E-state index contributed by atoms with van der Waals surface area (Å²) in [6.45, 7) is 4.57. The number of rotatable bonds is 4. The van der Waals surface area contributed by atoms with Crippen LogP contribution in [0, 0.1) is 11.3 Å². The number of aliphatic hydroxyl groups excluding tert-OH is 1. The van der Waals surface area contributed by atoms with E-state index in [1.165, 1.54) is 0 Å². The lowest BCUT2D eigenvalue weighted by atomic mass is 10.1. The van der Waals surface area contributed by atoms with Crippen LogP contribution in [-0.4, -0.2) is 14.9 Å². The molecule has 1 heterocycles. The third-order valence-electron chi connectivity index (χ3n) is 3.15. The third kappa shape index (κ3) is 3.09. The molecule has 0 bridgehead atoms. The Morgan fingerprint density at radius 1 is 1.35 bits per heavy atom. The van der Waals surface area contributed by atoms with Gasteiger partial charge in [-0.2, -0.15) is 10.4 Å². The predicted molar refractivity (Wildman–Crippen MR) is 80.1 cm³/mol. The number of aromatic nitrogens is 2. The second-order valence-corrected chi connectivity index (χ2v) is 5.82. The minimum Gasteiger partial charge on any atom is -0.386 e. The Morgan fingerprint density at radius 2 is 2.00 bits per heavy atom. The fourth-order valence-electron chi connectivity index (χ4n) is 2.14. The lowest BCUT2D eigenvalue weighted by molar-refractivity contribution is 0.150. The van der Waals surface area contributed by atoms with E-state index in [0.717, 1.165) is 15.7 Å². The van der Waals surface area contributed by atoms with Crippen LogP contribution < -0.4 is 0 Å². The molecule has 0 aliphatic heterocycles. The number of hydrogen-bond acceptors (Lipinski definition) is 3. The summed E-state index contributed by atoms with van der Waals surface area (Å²) < 4.78 is 2.77. The first-order chi connectivity index (χ1) is 9.52. The Bertz CT molecular complexity index is 626. The molecule has 0 aliphatic carbocycles. The number of hydrogen-bond donors (Lipinski definition) is 1. The van der Waals surface area contributed by atoms with Crippen molar-refractivity contribution < 1.29 is 5.11 Å². The summed E-state index contributed by atoms with van der Waals surface area (Å²) in [5.74, 6) is 0.319. The highest BCUT2D eigenvalue weighted by Crippen LogP contribution is 2.26. The zero-order valence-electron chi connectivity index (χ0n) is 11.4. The Labute approximate surface area is 126 Å². The lowest BCUT2D eigenvalue weighted by Crippen LogP contribution is -2.13. The van der Waals surface area contributed by atoms with E-state index in [4.69, 9.17) is 5.26 Å². The van der Waals surface area contributed by atoms with E-state index < -0.39 is 6.10 Å². The van der Waals surface area contributed by atoms with Gasteiger partial charge in [-0.05, 0) is 39.5 Å². The topological polar surface area (TPSA) is 61.8 Å². The minimum absolute atomic E-state index is 0.319. The SMILES string of the molecule is CC(C)c1c(Br)cnn1CC(O)c1ccc(C#N)cc1. The molecule has 2 aromatic rings. The third-order valence-corrected chi connectivity index (χ3v) is 3.76. The van der Waals surface area contributed by atoms with Crippen LogP contribution in [0.5, 0.6) is 0 Å². The molecule has 20 heavy (non-hydrogen) atoms. The van der Waals surface area contributed by atoms with Crippen molar-refractivity contribution in [3.05, 3.63) is 51.8 Å². The van der Waals surface area contributed by atoms with E-state index in [2.05, 4.69) is 40.9 Å². The molecule has 0 spiro atoms. The second-order valence-electron chi connectivity index (χ2n) is 4.96. The normalized spacial score (nSPS) is 12.4. The Hall–Kier alpha value is -1.64. The summed E-state index contributed by atoms with van der Waals surface area (Å²) in [5, 5.41) is 23.4. The standard InChI is InChI=1S/C15H16BrN3O/c1-10(2)15-13(16)8-18-19(15)9-14(20)12-5-3-11(7-17)4-6-12/h3-6,8,10,14,20H,9H2,1-2H3. The molecular formula is C15H16BrN3O. The van der Waals surface area contributed by atoms with E-state index in [1.54, 1.807) is 30.5 Å². The molecule has 1 N–H and O–H groups in total. The molecule has 2 rings (SSSR count). The fraction of sp³-hybridized carbons (Fsp3) is 0.333. The Morgan fingerprint density at radius 3 is 2.55 bits per heavy atom. The monoisotopic (exact) mass is 333 g/mol. The van der Waals surface area contributed by atoms with Crippen molar-refractivity contribution in [1.29, 1.82) is 5.26 Å². The number of halogens is 1. The summed E-state index contributed by atoms with van der Waals surface area (Å²) in [6.07, 6.45) is 1.10. The van der Waals surface area contributed by atoms with Crippen LogP contribution in [0.2, 0.25) is 0 Å². The smallest absolute Gasteiger partial charge is 0.0991 e. The van der Waals surface area contributed by atoms with Crippen LogP contribution in [0.1, 0.15) is 42.7 Å². The Kier molecular flexibility index (Phi) is 4.58. The van der Waals surface area contributed by atoms with Crippen molar-refractivity contribution in [1.82, 2.24) is 9.78 Å². The molecule has 0 fully saturated rings. The molecular weight excluding hydrogens is 318 g/mol. The maximum Gasteiger partial charge on any atom is 0.0991 e. The first-order valence-corrected chi connectivity index (χ1v) is 7.21. The summed E-state index contributed by atoms with van der Waals surface area (Å²) in [6, 6.07) is 9.03. The molecule has 104 valence electrons. The molecule has 1 aromatic carbocycles. The maximum absolute atomic E-state index is 10.3. The maximum atomic E-state index is 10.3. The number of nitriles is 1. The zero-order chi connectivity index (χ0) is 14.7. The molecule has 1 atom stereocenters. The van der Waals surface area contributed by atoms with Gasteiger partial charge in [-0.3, -0.25) is 4.68 Å². The van der Waals surface area contributed by atoms with Gasteiger partial charge in [0.2, 0.25) is 0 Å². The molecule has 4 nitrogen and oxygen atoms in total. The van der Waals surface area contributed by atoms with Gasteiger partial charge in [-0.25, -0.2) is 0 Å². The van der Waals surface area contributed by atoms with Gasteiger partial charge in [0.05, 0.1) is 40.6 Å². The van der Waals surface area contributed by atoms with Gasteiger partial charge in [-0.15, -0.1) is 0 Å². The minimum atomic E-state index is -0.646. The van der Waals surface area contributed by atoms with E-state index >= 15 is 0 Å². The largest absolute Gasteiger partial charge is 0.386 e. The highest BCUT2D eigenvalue weighted by atomic mass is 79.9. The van der Waals surface area contributed by atoms with Gasteiger partial charge in [0.1, 0.15) is 0 Å². The van der Waals surface area contributed by atoms with Crippen LogP contribution in [0.4, 0.5) is 0 Å². The molecule has 0 amide bonds. The van der Waals surface area contributed by atoms with Crippen molar-refractivity contribution in [3.63, 3.8) is 0 Å². The number of benzene rings is 1. The zero-order valence-corrected chi connectivity index (χ0v) is 13.0. The van der Waals surface area contributed by atoms with Crippen molar-refractivity contribution in [2.24, 2.45) is 0 Å². The van der Waals surface area contributed by atoms with Crippen LogP contribution in [0.25, 0.3) is 0 Å². The number of nitrogens with zero attached hydrogens (tertiary/aromatic N) is 3. The van der Waals surface area contributed by atoms with Gasteiger partial charge in [0.25, 0.3) is 0 Å². The first-order valence-electron chi connectivity index (χ1n) is 6.42. The van der Waals surface area contributed by atoms with E-state index in [0.29, 0.717) is 18.0 Å². The average molecular weight is 334 g/mol. The molecule has 1 unspecified atom stereocenters. The molecule has 0 radical (unpaired) electrons. The second kappa shape index (κ2) is 6.21. The Balaban J connectivity index is 2.19. The van der Waals surface area contributed by atoms with E-state index in [9.17, 15) is 5.11 Å². The van der Waals surface area contributed by atoms with Crippen molar-refractivity contribution in [2.75, 3.05) is 0 Å². The van der Waals surface area contributed by atoms with Gasteiger partial charge < -0.3 is 5.11 Å². The highest BCUT2D eigenvalue weighted by molar-refractivity contribution is 9.10. The summed E-state index contributed by atoms with van der Waals surface area (Å²) in [7, 11) is 0. The van der Waals surface area contributed by atoms with Crippen LogP contribution in [0.15, 0.2) is 34.9 Å². The van der Waals surface area contributed by atoms with Gasteiger partial charge in [0, 0.05) is 0 Å². The summed E-state index contributed by atoms with van der Waals surface area (Å²) >= 11 is 3.48. The van der Waals surface area contributed by atoms with Crippen LogP contribution in [0.3, 0.4) is 0 Å². The summed E-state index contributed by atoms with van der Waals surface area (Å²) in [5.41, 5.74) is 2.44. The average Bonchev–Trinajstić information content (AvgIpc) is 2.79. The van der Waals surface area contributed by atoms with Crippen molar-refractivity contribution in [2.45, 2.75) is 32.4 Å². The summed E-state index contributed by atoms with van der Waals surface area (Å²) in [4.78, 5) is 0. The van der Waals surface area contributed by atoms with Crippen molar-refractivity contribution >= 4 is 15.9 Å². The fourth-order valence-corrected chi connectivity index (χ4v) is 2.89. The first kappa shape index (κ1) is 14.8. The van der Waals surface area contributed by atoms with Gasteiger partial charge in [0.15, 0.2) is 0 Å². The van der Waals surface area contributed by atoms with E-state index in [-0.39, 0.29) is 0 Å². The van der Waals surface area contributed by atoms with Crippen LogP contribution >= 0.6 is 15.9 Å².